The standard InChI is InChI=1S/C12H17FN2O2/c1-7(14)5-8(2)15-12(17)10-4-3-9(16)6-11(10)13/h3-4,6-8,16H,5,14H2,1-2H3,(H,15,17). The van der Waals surface area contributed by atoms with Crippen molar-refractivity contribution in [3.05, 3.63) is 29.6 Å². The van der Waals surface area contributed by atoms with Crippen LogP contribution in [0.1, 0.15) is 30.6 Å². The van der Waals surface area contributed by atoms with Crippen molar-refractivity contribution in [1.82, 2.24) is 5.32 Å². The summed E-state index contributed by atoms with van der Waals surface area (Å²) in [5.41, 5.74) is 5.52. The van der Waals surface area contributed by atoms with Crippen molar-refractivity contribution in [3.8, 4) is 5.75 Å². The Kier molecular flexibility index (Phi) is 4.45. The molecule has 0 bridgehead atoms. The summed E-state index contributed by atoms with van der Waals surface area (Å²) in [6, 6.07) is 3.27. The third kappa shape index (κ3) is 4.03. The van der Waals surface area contributed by atoms with Crippen molar-refractivity contribution < 1.29 is 14.3 Å². The van der Waals surface area contributed by atoms with Gasteiger partial charge in [0.2, 0.25) is 0 Å². The number of benzene rings is 1. The minimum atomic E-state index is -0.740. The molecule has 0 radical (unpaired) electrons. The van der Waals surface area contributed by atoms with E-state index in [1.165, 1.54) is 12.1 Å². The lowest BCUT2D eigenvalue weighted by Crippen LogP contribution is -2.36. The van der Waals surface area contributed by atoms with Crippen LogP contribution in [0.4, 0.5) is 4.39 Å². The van der Waals surface area contributed by atoms with Crippen LogP contribution in [0.2, 0.25) is 0 Å². The molecule has 0 fully saturated rings. The van der Waals surface area contributed by atoms with Crippen molar-refractivity contribution in [2.75, 3.05) is 0 Å². The fourth-order valence-corrected chi connectivity index (χ4v) is 1.61. The highest BCUT2D eigenvalue weighted by molar-refractivity contribution is 5.94. The van der Waals surface area contributed by atoms with Crippen LogP contribution in [0.5, 0.6) is 5.75 Å². The van der Waals surface area contributed by atoms with Gasteiger partial charge in [-0.1, -0.05) is 0 Å². The van der Waals surface area contributed by atoms with Crippen molar-refractivity contribution >= 4 is 5.91 Å². The van der Waals surface area contributed by atoms with Crippen molar-refractivity contribution in [2.24, 2.45) is 5.73 Å². The topological polar surface area (TPSA) is 75.3 Å². The van der Waals surface area contributed by atoms with E-state index in [9.17, 15) is 9.18 Å². The number of nitrogens with two attached hydrogens (primary N) is 1. The maximum atomic E-state index is 13.4. The van der Waals surface area contributed by atoms with Gasteiger partial charge < -0.3 is 16.2 Å². The minimum Gasteiger partial charge on any atom is -0.508 e. The van der Waals surface area contributed by atoms with Gasteiger partial charge in [-0.3, -0.25) is 4.79 Å². The third-order valence-corrected chi connectivity index (χ3v) is 2.30. The molecule has 0 heterocycles. The zero-order chi connectivity index (χ0) is 13.0. The Morgan fingerprint density at radius 3 is 2.71 bits per heavy atom. The van der Waals surface area contributed by atoms with E-state index in [0.29, 0.717) is 6.42 Å². The number of aromatic hydroxyl groups is 1. The van der Waals surface area contributed by atoms with E-state index < -0.39 is 11.7 Å². The van der Waals surface area contributed by atoms with Crippen LogP contribution in [0.15, 0.2) is 18.2 Å². The average molecular weight is 240 g/mol. The predicted molar refractivity (Wildman–Crippen MR) is 63.3 cm³/mol. The van der Waals surface area contributed by atoms with E-state index in [1.807, 2.05) is 6.92 Å². The number of rotatable bonds is 4. The van der Waals surface area contributed by atoms with Gasteiger partial charge in [-0.25, -0.2) is 4.39 Å². The molecule has 0 spiro atoms. The molecule has 0 aliphatic carbocycles. The molecule has 4 N–H and O–H groups in total. The van der Waals surface area contributed by atoms with Crippen LogP contribution in [0.25, 0.3) is 0 Å². The zero-order valence-electron chi connectivity index (χ0n) is 9.90. The number of hydrogen-bond donors (Lipinski definition) is 3. The number of amides is 1. The largest absolute Gasteiger partial charge is 0.508 e. The van der Waals surface area contributed by atoms with Crippen LogP contribution >= 0.6 is 0 Å². The molecule has 1 rings (SSSR count). The average Bonchev–Trinajstić information content (AvgIpc) is 2.15. The second kappa shape index (κ2) is 5.63. The second-order valence-electron chi connectivity index (χ2n) is 4.25. The summed E-state index contributed by atoms with van der Waals surface area (Å²) in [7, 11) is 0. The van der Waals surface area contributed by atoms with Gasteiger partial charge in [0.05, 0.1) is 5.56 Å². The molecule has 0 aromatic heterocycles. The van der Waals surface area contributed by atoms with E-state index >= 15 is 0 Å². The predicted octanol–water partition coefficient (Wildman–Crippen LogP) is 1.39. The van der Waals surface area contributed by atoms with Crippen molar-refractivity contribution in [2.45, 2.75) is 32.4 Å². The molecule has 4 nitrogen and oxygen atoms in total. The van der Waals surface area contributed by atoms with Gasteiger partial charge in [0.15, 0.2) is 0 Å². The first-order chi connectivity index (χ1) is 7.90. The normalized spacial score (nSPS) is 14.1. The van der Waals surface area contributed by atoms with Gasteiger partial charge in [-0.2, -0.15) is 0 Å². The molecule has 0 aliphatic rings. The summed E-state index contributed by atoms with van der Waals surface area (Å²) >= 11 is 0. The first kappa shape index (κ1) is 13.4. The van der Waals surface area contributed by atoms with Crippen LogP contribution in [-0.2, 0) is 0 Å². The molecule has 0 saturated carbocycles. The third-order valence-electron chi connectivity index (χ3n) is 2.30. The lowest BCUT2D eigenvalue weighted by molar-refractivity contribution is 0.0933. The molecule has 1 amide bonds. The fourth-order valence-electron chi connectivity index (χ4n) is 1.61. The number of phenols is 1. The SMILES string of the molecule is CC(N)CC(C)NC(=O)c1ccc(O)cc1F. The number of carbonyl (C=O) groups is 1. The fraction of sp³-hybridized carbons (Fsp3) is 0.417. The van der Waals surface area contributed by atoms with Crippen LogP contribution in [-0.4, -0.2) is 23.1 Å². The molecule has 5 heteroatoms. The van der Waals surface area contributed by atoms with Gasteiger partial charge in [0.25, 0.3) is 5.91 Å². The second-order valence-corrected chi connectivity index (χ2v) is 4.25. The Morgan fingerprint density at radius 2 is 2.18 bits per heavy atom. The molecular formula is C12H17FN2O2. The highest BCUT2D eigenvalue weighted by atomic mass is 19.1. The number of phenolic OH excluding ortho intramolecular Hbond substituents is 1. The van der Waals surface area contributed by atoms with Crippen molar-refractivity contribution in [1.29, 1.82) is 0 Å². The van der Waals surface area contributed by atoms with Crippen LogP contribution < -0.4 is 11.1 Å². The molecule has 1 aromatic rings. The first-order valence-electron chi connectivity index (χ1n) is 5.45. The molecule has 0 saturated heterocycles. The van der Waals surface area contributed by atoms with Gasteiger partial charge in [-0.05, 0) is 32.4 Å². The minimum absolute atomic E-state index is 0.0324. The maximum Gasteiger partial charge on any atom is 0.254 e. The summed E-state index contributed by atoms with van der Waals surface area (Å²) in [5.74, 6) is -1.45. The maximum absolute atomic E-state index is 13.4. The summed E-state index contributed by atoms with van der Waals surface area (Å²) in [4.78, 5) is 11.7. The lowest BCUT2D eigenvalue weighted by atomic mass is 10.1. The summed E-state index contributed by atoms with van der Waals surface area (Å²) in [5, 5.41) is 11.7. The highest BCUT2D eigenvalue weighted by Gasteiger charge is 2.15. The smallest absolute Gasteiger partial charge is 0.254 e. The van der Waals surface area contributed by atoms with Crippen LogP contribution in [0.3, 0.4) is 0 Å². The molecule has 2 atom stereocenters. The Labute approximate surface area is 99.6 Å². The number of halogens is 1. The quantitative estimate of drug-likeness (QED) is 0.744. The Morgan fingerprint density at radius 1 is 1.53 bits per heavy atom. The van der Waals surface area contributed by atoms with Crippen LogP contribution in [0, 0.1) is 5.82 Å². The molecule has 2 unspecified atom stereocenters. The van der Waals surface area contributed by atoms with Gasteiger partial charge in [0, 0.05) is 18.2 Å². The molecule has 0 aliphatic heterocycles. The van der Waals surface area contributed by atoms with Gasteiger partial charge in [0.1, 0.15) is 11.6 Å². The van der Waals surface area contributed by atoms with Gasteiger partial charge in [-0.15, -0.1) is 0 Å². The number of nitrogens with one attached hydrogen (secondary N) is 1. The van der Waals surface area contributed by atoms with E-state index in [4.69, 9.17) is 10.8 Å². The summed E-state index contributed by atoms with van der Waals surface area (Å²) in [6.45, 7) is 3.64. The van der Waals surface area contributed by atoms with E-state index in [0.717, 1.165) is 6.07 Å². The number of hydrogen-bond acceptors (Lipinski definition) is 3. The van der Waals surface area contributed by atoms with Gasteiger partial charge >= 0.3 is 0 Å². The summed E-state index contributed by atoms with van der Waals surface area (Å²) < 4.78 is 13.4. The molecule has 1 aromatic carbocycles. The van der Waals surface area contributed by atoms with E-state index in [-0.39, 0.29) is 23.4 Å². The van der Waals surface area contributed by atoms with E-state index in [2.05, 4.69) is 5.32 Å². The lowest BCUT2D eigenvalue weighted by Gasteiger charge is -2.16. The molecule has 94 valence electrons. The van der Waals surface area contributed by atoms with Crippen molar-refractivity contribution in [3.63, 3.8) is 0 Å². The Balaban J connectivity index is 2.70. The molecule has 17 heavy (non-hydrogen) atoms. The highest BCUT2D eigenvalue weighted by Crippen LogP contribution is 2.15. The summed E-state index contributed by atoms with van der Waals surface area (Å²) in [6.07, 6.45) is 0.617. The Bertz CT molecular complexity index is 407. The monoisotopic (exact) mass is 240 g/mol. The van der Waals surface area contributed by atoms with E-state index in [1.54, 1.807) is 6.92 Å². The zero-order valence-corrected chi connectivity index (χ0v) is 9.90. The number of carbonyl (C=O) groups excluding carboxylic acids is 1. The first-order valence-corrected chi connectivity index (χ1v) is 5.45. The Hall–Kier alpha value is -1.62. The molecular weight excluding hydrogens is 223 g/mol.